The van der Waals surface area contributed by atoms with Crippen molar-refractivity contribution >= 4 is 33.1 Å². The Balaban J connectivity index is 1.92. The van der Waals surface area contributed by atoms with Crippen molar-refractivity contribution in [2.45, 2.75) is 27.2 Å². The Morgan fingerprint density at radius 1 is 1.48 bits per heavy atom. The molecule has 1 unspecified atom stereocenters. The molecule has 2 aromatic rings. The molecule has 3 heterocycles. The average Bonchev–Trinajstić information content (AvgIpc) is 3.07. The number of carbonyl (C=O) groups excluding carboxylic acids is 1. The van der Waals surface area contributed by atoms with Crippen molar-refractivity contribution in [1.29, 1.82) is 0 Å². The molecular weight excluding hydrogens is 284 g/mol. The third-order valence-corrected chi connectivity index (χ3v) is 5.79. The maximum atomic E-state index is 12.8. The minimum Gasteiger partial charge on any atom is -0.397 e. The molecular formula is C15H22N4OS. The van der Waals surface area contributed by atoms with Crippen LogP contribution >= 0.6 is 11.3 Å². The Morgan fingerprint density at radius 3 is 2.76 bits per heavy atom. The summed E-state index contributed by atoms with van der Waals surface area (Å²) in [6.07, 6.45) is 1.09. The van der Waals surface area contributed by atoms with E-state index in [1.165, 1.54) is 11.3 Å². The van der Waals surface area contributed by atoms with Crippen LogP contribution in [-0.4, -0.2) is 33.7 Å². The number of rotatable bonds is 2. The Labute approximate surface area is 128 Å². The molecule has 2 aromatic heterocycles. The van der Waals surface area contributed by atoms with E-state index in [9.17, 15) is 4.79 Å². The fourth-order valence-corrected chi connectivity index (χ4v) is 4.30. The molecule has 1 fully saturated rings. The Bertz CT molecular complexity index is 700. The van der Waals surface area contributed by atoms with Crippen molar-refractivity contribution in [3.05, 3.63) is 10.6 Å². The van der Waals surface area contributed by atoms with Crippen LogP contribution in [-0.2, 0) is 7.05 Å². The molecule has 6 heteroatoms. The standard InChI is InChI=1S/C15H22N4OS/c1-8(2)10-5-6-19(7-10)14(20)13-12(16)11-9(3)17-18(4)15(11)21-13/h8,10H,5-7,16H2,1-4H3. The summed E-state index contributed by atoms with van der Waals surface area (Å²) >= 11 is 1.46. The SMILES string of the molecule is Cc1nn(C)c2sc(C(=O)N3CCC(C(C)C)C3)c(N)c12. The van der Waals surface area contributed by atoms with Gasteiger partial charge < -0.3 is 10.6 Å². The number of amides is 1. The Hall–Kier alpha value is -1.56. The van der Waals surface area contributed by atoms with Crippen molar-refractivity contribution in [2.75, 3.05) is 18.8 Å². The van der Waals surface area contributed by atoms with Crippen LogP contribution in [0.2, 0.25) is 0 Å². The van der Waals surface area contributed by atoms with E-state index in [1.807, 2.05) is 23.6 Å². The maximum Gasteiger partial charge on any atom is 0.266 e. The summed E-state index contributed by atoms with van der Waals surface area (Å²) in [7, 11) is 1.89. The van der Waals surface area contributed by atoms with E-state index in [-0.39, 0.29) is 5.91 Å². The van der Waals surface area contributed by atoms with Gasteiger partial charge in [-0.3, -0.25) is 9.48 Å². The summed E-state index contributed by atoms with van der Waals surface area (Å²) in [5.74, 6) is 1.30. The summed E-state index contributed by atoms with van der Waals surface area (Å²) in [4.78, 5) is 16.4. The van der Waals surface area contributed by atoms with Gasteiger partial charge in [-0.05, 0) is 25.2 Å². The van der Waals surface area contributed by atoms with Gasteiger partial charge in [0.1, 0.15) is 9.71 Å². The van der Waals surface area contributed by atoms with Crippen LogP contribution in [0.25, 0.3) is 10.2 Å². The number of nitrogen functional groups attached to an aromatic ring is 1. The first kappa shape index (κ1) is 14.4. The summed E-state index contributed by atoms with van der Waals surface area (Å²) in [5.41, 5.74) is 7.71. The largest absolute Gasteiger partial charge is 0.397 e. The van der Waals surface area contributed by atoms with Gasteiger partial charge in [-0.15, -0.1) is 11.3 Å². The molecule has 2 N–H and O–H groups in total. The van der Waals surface area contributed by atoms with Gasteiger partial charge in [0, 0.05) is 20.1 Å². The zero-order chi connectivity index (χ0) is 15.3. The molecule has 1 atom stereocenters. The topological polar surface area (TPSA) is 64.2 Å². The fraction of sp³-hybridized carbons (Fsp3) is 0.600. The molecule has 114 valence electrons. The summed E-state index contributed by atoms with van der Waals surface area (Å²) in [6.45, 7) is 8.07. The first-order chi connectivity index (χ1) is 9.90. The molecule has 0 aromatic carbocycles. The smallest absolute Gasteiger partial charge is 0.266 e. The Morgan fingerprint density at radius 2 is 2.19 bits per heavy atom. The van der Waals surface area contributed by atoms with E-state index in [1.54, 1.807) is 0 Å². The van der Waals surface area contributed by atoms with Gasteiger partial charge in [0.05, 0.1) is 16.8 Å². The van der Waals surface area contributed by atoms with Crippen LogP contribution in [0.5, 0.6) is 0 Å². The molecule has 0 bridgehead atoms. The number of nitrogens with two attached hydrogens (primary N) is 1. The third kappa shape index (κ3) is 2.21. The second-order valence-corrected chi connectivity index (χ2v) is 7.28. The van der Waals surface area contributed by atoms with Crippen LogP contribution in [0.1, 0.15) is 35.6 Å². The summed E-state index contributed by atoms with van der Waals surface area (Å²) < 4.78 is 1.81. The van der Waals surface area contributed by atoms with Crippen molar-refractivity contribution < 1.29 is 4.79 Å². The molecule has 0 aliphatic carbocycles. The lowest BCUT2D eigenvalue weighted by molar-refractivity contribution is 0.0790. The molecule has 0 saturated carbocycles. The molecule has 0 spiro atoms. The first-order valence-electron chi connectivity index (χ1n) is 7.41. The number of likely N-dealkylation sites (tertiary alicyclic amines) is 1. The number of aryl methyl sites for hydroxylation is 2. The molecule has 1 aliphatic rings. The minimum atomic E-state index is 0.0799. The van der Waals surface area contributed by atoms with Crippen LogP contribution in [0.4, 0.5) is 5.69 Å². The van der Waals surface area contributed by atoms with Crippen molar-refractivity contribution in [3.63, 3.8) is 0 Å². The molecule has 1 saturated heterocycles. The number of nitrogens with zero attached hydrogens (tertiary/aromatic N) is 3. The van der Waals surface area contributed by atoms with Crippen molar-refractivity contribution in [2.24, 2.45) is 18.9 Å². The highest BCUT2D eigenvalue weighted by molar-refractivity contribution is 7.21. The van der Waals surface area contributed by atoms with Gasteiger partial charge >= 0.3 is 0 Å². The molecule has 21 heavy (non-hydrogen) atoms. The molecule has 5 nitrogen and oxygen atoms in total. The lowest BCUT2D eigenvalue weighted by Crippen LogP contribution is -2.29. The van der Waals surface area contributed by atoms with E-state index in [4.69, 9.17) is 5.73 Å². The van der Waals surface area contributed by atoms with E-state index >= 15 is 0 Å². The van der Waals surface area contributed by atoms with Crippen LogP contribution < -0.4 is 5.73 Å². The molecule has 0 radical (unpaired) electrons. The Kier molecular flexibility index (Phi) is 3.43. The van der Waals surface area contributed by atoms with Gasteiger partial charge in [-0.25, -0.2) is 0 Å². The van der Waals surface area contributed by atoms with Gasteiger partial charge in [-0.1, -0.05) is 13.8 Å². The van der Waals surface area contributed by atoms with Crippen molar-refractivity contribution in [1.82, 2.24) is 14.7 Å². The van der Waals surface area contributed by atoms with Crippen LogP contribution in [0.15, 0.2) is 0 Å². The van der Waals surface area contributed by atoms with Crippen molar-refractivity contribution in [3.8, 4) is 0 Å². The van der Waals surface area contributed by atoms with E-state index in [2.05, 4.69) is 18.9 Å². The highest BCUT2D eigenvalue weighted by atomic mass is 32.1. The predicted octanol–water partition coefficient (Wildman–Crippen LogP) is 2.64. The molecule has 3 rings (SSSR count). The zero-order valence-electron chi connectivity index (χ0n) is 13.0. The number of carbonyl (C=O) groups is 1. The summed E-state index contributed by atoms with van der Waals surface area (Å²) in [6, 6.07) is 0. The molecule has 1 amide bonds. The quantitative estimate of drug-likeness (QED) is 0.927. The van der Waals surface area contributed by atoms with Gasteiger partial charge in [0.25, 0.3) is 5.91 Å². The van der Waals surface area contributed by atoms with Crippen LogP contribution in [0.3, 0.4) is 0 Å². The van der Waals surface area contributed by atoms with Gasteiger partial charge in [-0.2, -0.15) is 5.10 Å². The number of anilines is 1. The number of thiophene rings is 1. The third-order valence-electron chi connectivity index (χ3n) is 4.53. The predicted molar refractivity (Wildman–Crippen MR) is 86.6 cm³/mol. The zero-order valence-corrected chi connectivity index (χ0v) is 13.8. The summed E-state index contributed by atoms with van der Waals surface area (Å²) in [5, 5.41) is 5.30. The van der Waals surface area contributed by atoms with Gasteiger partial charge in [0.2, 0.25) is 0 Å². The molecule has 1 aliphatic heterocycles. The van der Waals surface area contributed by atoms with Crippen LogP contribution in [0, 0.1) is 18.8 Å². The van der Waals surface area contributed by atoms with E-state index in [0.717, 1.165) is 35.4 Å². The second-order valence-electron chi connectivity index (χ2n) is 6.28. The monoisotopic (exact) mass is 306 g/mol. The van der Waals surface area contributed by atoms with E-state index in [0.29, 0.717) is 22.4 Å². The maximum absolute atomic E-state index is 12.8. The number of aromatic nitrogens is 2. The lowest BCUT2D eigenvalue weighted by atomic mass is 9.95. The highest BCUT2D eigenvalue weighted by Gasteiger charge is 2.31. The number of fused-ring (bicyclic) bond motifs is 1. The highest BCUT2D eigenvalue weighted by Crippen LogP contribution is 2.37. The normalized spacial score (nSPS) is 19.1. The fourth-order valence-electron chi connectivity index (χ4n) is 3.15. The number of hydrogen-bond acceptors (Lipinski definition) is 4. The second kappa shape index (κ2) is 5.02. The average molecular weight is 306 g/mol. The number of hydrogen-bond donors (Lipinski definition) is 1. The minimum absolute atomic E-state index is 0.0799. The van der Waals surface area contributed by atoms with Gasteiger partial charge in [0.15, 0.2) is 0 Å². The lowest BCUT2D eigenvalue weighted by Gasteiger charge is -2.17. The first-order valence-corrected chi connectivity index (χ1v) is 8.22. The van der Waals surface area contributed by atoms with E-state index < -0.39 is 0 Å².